The summed E-state index contributed by atoms with van der Waals surface area (Å²) in [5.74, 6) is 0. The largest absolute Gasteiger partial charge is 0.416 e. The van der Waals surface area contributed by atoms with E-state index >= 15 is 0 Å². The van der Waals surface area contributed by atoms with Crippen LogP contribution in [0.4, 0.5) is 26.3 Å². The summed E-state index contributed by atoms with van der Waals surface area (Å²) in [4.78, 5) is 7.37. The van der Waals surface area contributed by atoms with Gasteiger partial charge in [0.1, 0.15) is 0 Å². The van der Waals surface area contributed by atoms with E-state index in [1.54, 1.807) is 4.68 Å². The summed E-state index contributed by atoms with van der Waals surface area (Å²) in [6, 6.07) is 4.76. The van der Waals surface area contributed by atoms with Gasteiger partial charge in [0.15, 0.2) is 5.65 Å². The Hall–Kier alpha value is -2.66. The maximum Gasteiger partial charge on any atom is 0.416 e. The van der Waals surface area contributed by atoms with Crippen LogP contribution in [0.2, 0.25) is 0 Å². The summed E-state index contributed by atoms with van der Waals surface area (Å²) in [6.07, 6.45) is -5.10. The fraction of sp³-hybridized carbons (Fsp3) is 0.520. The van der Waals surface area contributed by atoms with E-state index in [2.05, 4.69) is 15.3 Å². The van der Waals surface area contributed by atoms with E-state index in [4.69, 9.17) is 4.98 Å². The minimum Gasteiger partial charge on any atom is -0.309 e. The van der Waals surface area contributed by atoms with Crippen molar-refractivity contribution in [1.82, 2.24) is 25.0 Å². The number of halogens is 6. The number of fused-ring (bicyclic) bond motifs is 1. The molecule has 5 nitrogen and oxygen atoms in total. The zero-order valence-electron chi connectivity index (χ0n) is 20.0. The molecule has 0 unspecified atom stereocenters. The molecule has 5 rings (SSSR count). The van der Waals surface area contributed by atoms with Crippen molar-refractivity contribution in [3.05, 3.63) is 57.9 Å². The second-order valence-electron chi connectivity index (χ2n) is 9.83. The molecule has 0 bridgehead atoms. The van der Waals surface area contributed by atoms with Gasteiger partial charge in [-0.25, -0.2) is 4.98 Å². The summed E-state index contributed by atoms with van der Waals surface area (Å²) >= 11 is 0. The van der Waals surface area contributed by atoms with Gasteiger partial charge in [0, 0.05) is 44.2 Å². The second kappa shape index (κ2) is 9.02. The maximum absolute atomic E-state index is 13.2. The van der Waals surface area contributed by atoms with Gasteiger partial charge in [-0.3, -0.25) is 9.58 Å². The molecule has 0 atom stereocenters. The van der Waals surface area contributed by atoms with Crippen LogP contribution in [0.5, 0.6) is 0 Å². The number of hydrogen-bond donors (Lipinski definition) is 1. The Labute approximate surface area is 204 Å². The van der Waals surface area contributed by atoms with Crippen molar-refractivity contribution in [2.24, 2.45) is 7.05 Å². The Morgan fingerprint density at radius 3 is 2.03 bits per heavy atom. The van der Waals surface area contributed by atoms with Crippen LogP contribution < -0.4 is 5.32 Å². The van der Waals surface area contributed by atoms with Crippen molar-refractivity contribution in [3.8, 4) is 0 Å². The van der Waals surface area contributed by atoms with E-state index in [0.717, 1.165) is 65.8 Å². The molecule has 11 heteroatoms. The number of alkyl halides is 6. The molecule has 2 saturated carbocycles. The van der Waals surface area contributed by atoms with Crippen LogP contribution in [-0.2, 0) is 39.0 Å². The SMILES string of the molecule is Cc1nn(C)c2nc(CN(C3CC3)C3CC3)c(CNCc3cc(C(F)(F)F)cc(C(F)(F)F)c3)cc12. The fourth-order valence-electron chi connectivity index (χ4n) is 4.72. The highest BCUT2D eigenvalue weighted by atomic mass is 19.4. The third kappa shape index (κ3) is 5.36. The second-order valence-corrected chi connectivity index (χ2v) is 9.83. The molecule has 3 aromatic rings. The Balaban J connectivity index is 1.40. The van der Waals surface area contributed by atoms with E-state index in [0.29, 0.717) is 18.6 Å². The van der Waals surface area contributed by atoms with Gasteiger partial charge in [0.25, 0.3) is 0 Å². The highest BCUT2D eigenvalue weighted by Crippen LogP contribution is 2.39. The first kappa shape index (κ1) is 25.0. The number of pyridine rings is 1. The third-order valence-electron chi connectivity index (χ3n) is 6.82. The van der Waals surface area contributed by atoms with Gasteiger partial charge < -0.3 is 5.32 Å². The zero-order chi connectivity index (χ0) is 25.8. The molecule has 2 heterocycles. The van der Waals surface area contributed by atoms with E-state index < -0.39 is 23.5 Å². The molecule has 0 aliphatic heterocycles. The minimum absolute atomic E-state index is 0.0807. The highest BCUT2D eigenvalue weighted by molar-refractivity contribution is 5.79. The topological polar surface area (TPSA) is 46.0 Å². The van der Waals surface area contributed by atoms with Gasteiger partial charge in [-0.15, -0.1) is 0 Å². The minimum atomic E-state index is -4.87. The van der Waals surface area contributed by atoms with Crippen molar-refractivity contribution in [1.29, 1.82) is 0 Å². The molecule has 36 heavy (non-hydrogen) atoms. The number of hydrogen-bond acceptors (Lipinski definition) is 4. The number of benzene rings is 1. The van der Waals surface area contributed by atoms with E-state index in [1.807, 2.05) is 20.0 Å². The van der Waals surface area contributed by atoms with Gasteiger partial charge >= 0.3 is 12.4 Å². The molecule has 1 aromatic carbocycles. The molecule has 0 saturated heterocycles. The summed E-state index contributed by atoms with van der Waals surface area (Å²) < 4.78 is 81.0. The lowest BCUT2D eigenvalue weighted by Crippen LogP contribution is -2.29. The van der Waals surface area contributed by atoms with Crippen LogP contribution in [0.1, 0.15) is 59.3 Å². The lowest BCUT2D eigenvalue weighted by molar-refractivity contribution is -0.143. The predicted octanol–water partition coefficient (Wildman–Crippen LogP) is 5.73. The normalized spacial score (nSPS) is 16.9. The summed E-state index contributed by atoms with van der Waals surface area (Å²) in [7, 11) is 1.83. The Morgan fingerprint density at radius 1 is 0.917 bits per heavy atom. The summed E-state index contributed by atoms with van der Waals surface area (Å²) in [6.45, 7) is 2.65. The van der Waals surface area contributed by atoms with Crippen LogP contribution >= 0.6 is 0 Å². The van der Waals surface area contributed by atoms with Crippen molar-refractivity contribution in [2.75, 3.05) is 0 Å². The zero-order valence-corrected chi connectivity index (χ0v) is 20.0. The van der Waals surface area contributed by atoms with Gasteiger partial charge in [-0.2, -0.15) is 31.4 Å². The first-order chi connectivity index (χ1) is 16.9. The molecule has 2 aliphatic rings. The number of rotatable bonds is 8. The molecule has 0 radical (unpaired) electrons. The molecule has 1 N–H and O–H groups in total. The number of nitrogens with zero attached hydrogens (tertiary/aromatic N) is 4. The molecular weight excluding hydrogens is 484 g/mol. The maximum atomic E-state index is 13.2. The average molecular weight is 512 g/mol. The quantitative estimate of drug-likeness (QED) is 0.393. The van der Waals surface area contributed by atoms with Crippen molar-refractivity contribution in [3.63, 3.8) is 0 Å². The van der Waals surface area contributed by atoms with E-state index in [-0.39, 0.29) is 24.7 Å². The molecule has 194 valence electrons. The lowest BCUT2D eigenvalue weighted by atomic mass is 10.0. The monoisotopic (exact) mass is 511 g/mol. The Bertz CT molecular complexity index is 1230. The molecule has 2 aliphatic carbocycles. The Kier molecular flexibility index (Phi) is 6.27. The van der Waals surface area contributed by atoms with Crippen LogP contribution in [0.15, 0.2) is 24.3 Å². The number of aromatic nitrogens is 3. The Morgan fingerprint density at radius 2 is 1.50 bits per heavy atom. The highest BCUT2D eigenvalue weighted by Gasteiger charge is 2.40. The third-order valence-corrected chi connectivity index (χ3v) is 6.82. The van der Waals surface area contributed by atoms with Crippen LogP contribution in [0.25, 0.3) is 11.0 Å². The van der Waals surface area contributed by atoms with Crippen LogP contribution in [-0.4, -0.2) is 31.7 Å². The first-order valence-corrected chi connectivity index (χ1v) is 12.0. The number of nitrogens with one attached hydrogen (secondary N) is 1. The van der Waals surface area contributed by atoms with Gasteiger partial charge in [-0.05, 0) is 68.0 Å². The smallest absolute Gasteiger partial charge is 0.309 e. The van der Waals surface area contributed by atoms with Crippen molar-refractivity contribution < 1.29 is 26.3 Å². The molecule has 0 spiro atoms. The summed E-state index contributed by atoms with van der Waals surface area (Å²) in [5, 5.41) is 8.37. The van der Waals surface area contributed by atoms with Crippen molar-refractivity contribution in [2.45, 2.75) is 76.7 Å². The standard InChI is InChI=1S/C25H27F6N5/c1-14-21-9-16(12-32-11-15-7-17(24(26,27)28)10-18(8-15)25(29,30)31)22(33-23(21)35(2)34-14)13-36(19-3-4-19)20-5-6-20/h7-10,19-20,32H,3-6,11-13H2,1-2H3. The average Bonchev–Trinajstić information content (AvgIpc) is 3.71. The lowest BCUT2D eigenvalue weighted by Gasteiger charge is -2.23. The molecule has 2 fully saturated rings. The van der Waals surface area contributed by atoms with Crippen LogP contribution in [0.3, 0.4) is 0 Å². The molecule has 0 amide bonds. The van der Waals surface area contributed by atoms with Crippen LogP contribution in [0, 0.1) is 6.92 Å². The molecular formula is C25H27F6N5. The van der Waals surface area contributed by atoms with Crippen molar-refractivity contribution >= 4 is 11.0 Å². The van der Waals surface area contributed by atoms with E-state index in [9.17, 15) is 26.3 Å². The fourth-order valence-corrected chi connectivity index (χ4v) is 4.72. The van der Waals surface area contributed by atoms with E-state index in [1.165, 1.54) is 0 Å². The molecule has 2 aromatic heterocycles. The van der Waals surface area contributed by atoms with Gasteiger partial charge in [0.05, 0.1) is 22.5 Å². The predicted molar refractivity (Wildman–Crippen MR) is 122 cm³/mol. The van der Waals surface area contributed by atoms with Gasteiger partial charge in [0.2, 0.25) is 0 Å². The first-order valence-electron chi connectivity index (χ1n) is 12.0. The van der Waals surface area contributed by atoms with Gasteiger partial charge in [-0.1, -0.05) is 0 Å². The summed E-state index contributed by atoms with van der Waals surface area (Å²) in [5.41, 5.74) is 0.585. The number of aryl methyl sites for hydroxylation is 2.